The molecule has 1 aromatic heterocycles. The molecule has 1 aliphatic rings. The van der Waals surface area contributed by atoms with Crippen LogP contribution in [-0.4, -0.2) is 12.6 Å². The standard InChI is InChI=1S/C12H20N2S/c1-9(7-13)14-8-11-6-10-4-2-3-5-12(10)15-11/h6,9,14H,2-5,7-8,13H2,1H3/t9-/m0/s1. The summed E-state index contributed by atoms with van der Waals surface area (Å²) in [4.78, 5) is 3.10. The Morgan fingerprint density at radius 1 is 1.47 bits per heavy atom. The van der Waals surface area contributed by atoms with Crippen LogP contribution in [-0.2, 0) is 19.4 Å². The molecule has 2 nitrogen and oxygen atoms in total. The molecule has 84 valence electrons. The van der Waals surface area contributed by atoms with Crippen molar-refractivity contribution in [2.24, 2.45) is 5.73 Å². The quantitative estimate of drug-likeness (QED) is 0.821. The Balaban J connectivity index is 1.94. The second-order valence-electron chi connectivity index (χ2n) is 4.39. The van der Waals surface area contributed by atoms with Crippen LogP contribution in [0.3, 0.4) is 0 Å². The fourth-order valence-corrected chi connectivity index (χ4v) is 3.21. The molecule has 0 saturated heterocycles. The maximum atomic E-state index is 5.57. The molecular formula is C12H20N2S. The maximum Gasteiger partial charge on any atom is 0.0302 e. The van der Waals surface area contributed by atoms with E-state index in [4.69, 9.17) is 5.73 Å². The summed E-state index contributed by atoms with van der Waals surface area (Å²) in [5.74, 6) is 0. The summed E-state index contributed by atoms with van der Waals surface area (Å²) in [6, 6.07) is 2.80. The fourth-order valence-electron chi connectivity index (χ4n) is 2.00. The molecule has 15 heavy (non-hydrogen) atoms. The summed E-state index contributed by atoms with van der Waals surface area (Å²) in [6.45, 7) is 3.83. The van der Waals surface area contributed by atoms with E-state index in [1.165, 1.54) is 30.6 Å². The first-order chi connectivity index (χ1) is 7.29. The number of rotatable bonds is 4. The van der Waals surface area contributed by atoms with E-state index in [1.807, 2.05) is 11.3 Å². The summed E-state index contributed by atoms with van der Waals surface area (Å²) in [5.41, 5.74) is 7.17. The van der Waals surface area contributed by atoms with Gasteiger partial charge in [-0.05, 0) is 44.2 Å². The maximum absolute atomic E-state index is 5.57. The third-order valence-electron chi connectivity index (χ3n) is 3.03. The van der Waals surface area contributed by atoms with Crippen LogP contribution < -0.4 is 11.1 Å². The van der Waals surface area contributed by atoms with E-state index in [0.717, 1.165) is 6.54 Å². The van der Waals surface area contributed by atoms with Crippen LogP contribution in [0.2, 0.25) is 0 Å². The van der Waals surface area contributed by atoms with Crippen LogP contribution in [0.25, 0.3) is 0 Å². The second kappa shape index (κ2) is 5.10. The lowest BCUT2D eigenvalue weighted by Gasteiger charge is -2.09. The van der Waals surface area contributed by atoms with Crippen LogP contribution in [0.5, 0.6) is 0 Å². The van der Waals surface area contributed by atoms with Gasteiger partial charge in [-0.25, -0.2) is 0 Å². The average molecular weight is 224 g/mol. The highest BCUT2D eigenvalue weighted by atomic mass is 32.1. The van der Waals surface area contributed by atoms with Gasteiger partial charge in [0, 0.05) is 28.9 Å². The van der Waals surface area contributed by atoms with Gasteiger partial charge in [0.15, 0.2) is 0 Å². The zero-order valence-corrected chi connectivity index (χ0v) is 10.2. The Kier molecular flexibility index (Phi) is 3.78. The minimum absolute atomic E-state index is 0.420. The van der Waals surface area contributed by atoms with Crippen molar-refractivity contribution in [3.63, 3.8) is 0 Å². The van der Waals surface area contributed by atoms with Crippen LogP contribution in [0.15, 0.2) is 6.07 Å². The zero-order valence-electron chi connectivity index (χ0n) is 9.38. The first kappa shape index (κ1) is 11.1. The highest BCUT2D eigenvalue weighted by molar-refractivity contribution is 7.12. The first-order valence-corrected chi connectivity index (χ1v) is 6.65. The summed E-state index contributed by atoms with van der Waals surface area (Å²) in [5, 5.41) is 3.44. The molecule has 1 atom stereocenters. The van der Waals surface area contributed by atoms with Crippen molar-refractivity contribution in [3.05, 3.63) is 21.4 Å². The molecule has 0 bridgehead atoms. The van der Waals surface area contributed by atoms with E-state index in [9.17, 15) is 0 Å². The number of thiophene rings is 1. The van der Waals surface area contributed by atoms with Crippen molar-refractivity contribution < 1.29 is 0 Å². The zero-order chi connectivity index (χ0) is 10.7. The van der Waals surface area contributed by atoms with Crippen LogP contribution in [0.1, 0.15) is 35.1 Å². The molecule has 3 heteroatoms. The third kappa shape index (κ3) is 2.80. The van der Waals surface area contributed by atoms with E-state index in [-0.39, 0.29) is 0 Å². The van der Waals surface area contributed by atoms with Crippen molar-refractivity contribution >= 4 is 11.3 Å². The molecule has 1 heterocycles. The minimum Gasteiger partial charge on any atom is -0.329 e. The fraction of sp³-hybridized carbons (Fsp3) is 0.667. The molecular weight excluding hydrogens is 204 g/mol. The molecule has 0 amide bonds. The third-order valence-corrected chi connectivity index (χ3v) is 4.26. The molecule has 0 radical (unpaired) electrons. The monoisotopic (exact) mass is 224 g/mol. The lowest BCUT2D eigenvalue weighted by Crippen LogP contribution is -2.32. The predicted octanol–water partition coefficient (Wildman–Crippen LogP) is 2.06. The summed E-state index contributed by atoms with van der Waals surface area (Å²) in [7, 11) is 0. The normalized spacial score (nSPS) is 17.5. The number of nitrogens with one attached hydrogen (secondary N) is 1. The summed E-state index contributed by atoms with van der Waals surface area (Å²) < 4.78 is 0. The van der Waals surface area contributed by atoms with Crippen molar-refractivity contribution in [3.8, 4) is 0 Å². The van der Waals surface area contributed by atoms with Gasteiger partial charge in [-0.3, -0.25) is 0 Å². The van der Waals surface area contributed by atoms with Crippen LogP contribution in [0, 0.1) is 0 Å². The highest BCUT2D eigenvalue weighted by Gasteiger charge is 2.13. The van der Waals surface area contributed by atoms with Gasteiger partial charge in [-0.1, -0.05) is 0 Å². The van der Waals surface area contributed by atoms with E-state index in [1.54, 1.807) is 10.4 Å². The number of hydrogen-bond donors (Lipinski definition) is 2. The molecule has 1 aliphatic carbocycles. The molecule has 1 aromatic rings. The molecule has 0 fully saturated rings. The van der Waals surface area contributed by atoms with Gasteiger partial charge < -0.3 is 11.1 Å². The Labute approximate surface area is 95.9 Å². The molecule has 0 aromatic carbocycles. The van der Waals surface area contributed by atoms with Crippen molar-refractivity contribution in [2.45, 2.75) is 45.2 Å². The van der Waals surface area contributed by atoms with Gasteiger partial charge in [0.25, 0.3) is 0 Å². The van der Waals surface area contributed by atoms with Gasteiger partial charge in [0.1, 0.15) is 0 Å². The number of nitrogens with two attached hydrogens (primary N) is 1. The number of aryl methyl sites for hydroxylation is 2. The molecule has 0 saturated carbocycles. The van der Waals surface area contributed by atoms with E-state index in [0.29, 0.717) is 12.6 Å². The Morgan fingerprint density at radius 2 is 2.27 bits per heavy atom. The van der Waals surface area contributed by atoms with Crippen molar-refractivity contribution in [1.82, 2.24) is 5.32 Å². The van der Waals surface area contributed by atoms with E-state index >= 15 is 0 Å². The predicted molar refractivity (Wildman–Crippen MR) is 66.3 cm³/mol. The Bertz CT molecular complexity index is 296. The van der Waals surface area contributed by atoms with Gasteiger partial charge in [0.05, 0.1) is 0 Å². The lowest BCUT2D eigenvalue weighted by atomic mass is 9.99. The average Bonchev–Trinajstić information content (AvgIpc) is 2.68. The SMILES string of the molecule is C[C@@H](CN)NCc1cc2c(s1)CCCC2. The Morgan fingerprint density at radius 3 is 3.00 bits per heavy atom. The van der Waals surface area contributed by atoms with Crippen molar-refractivity contribution in [1.29, 1.82) is 0 Å². The smallest absolute Gasteiger partial charge is 0.0302 e. The lowest BCUT2D eigenvalue weighted by molar-refractivity contribution is 0.560. The molecule has 2 rings (SSSR count). The summed E-state index contributed by atoms with van der Waals surface area (Å²) >= 11 is 1.98. The van der Waals surface area contributed by atoms with Gasteiger partial charge in [0.2, 0.25) is 0 Å². The Hall–Kier alpha value is -0.380. The van der Waals surface area contributed by atoms with Gasteiger partial charge in [-0.2, -0.15) is 0 Å². The van der Waals surface area contributed by atoms with E-state index < -0.39 is 0 Å². The molecule has 0 spiro atoms. The van der Waals surface area contributed by atoms with Crippen LogP contribution in [0.4, 0.5) is 0 Å². The highest BCUT2D eigenvalue weighted by Crippen LogP contribution is 2.29. The summed E-state index contributed by atoms with van der Waals surface area (Å²) in [6.07, 6.45) is 5.33. The second-order valence-corrected chi connectivity index (χ2v) is 5.61. The molecule has 0 aliphatic heterocycles. The number of hydrogen-bond acceptors (Lipinski definition) is 3. The number of fused-ring (bicyclic) bond motifs is 1. The van der Waals surface area contributed by atoms with E-state index in [2.05, 4.69) is 18.3 Å². The van der Waals surface area contributed by atoms with Gasteiger partial charge in [-0.15, -0.1) is 11.3 Å². The molecule has 3 N–H and O–H groups in total. The first-order valence-electron chi connectivity index (χ1n) is 5.83. The minimum atomic E-state index is 0.420. The van der Waals surface area contributed by atoms with Gasteiger partial charge >= 0.3 is 0 Å². The van der Waals surface area contributed by atoms with Crippen molar-refractivity contribution in [2.75, 3.05) is 6.54 Å². The topological polar surface area (TPSA) is 38.0 Å². The largest absolute Gasteiger partial charge is 0.329 e. The van der Waals surface area contributed by atoms with Crippen LogP contribution >= 0.6 is 11.3 Å². The molecule has 0 unspecified atom stereocenters.